The number of nitro groups is 1. The molecular formula is C23H16N4O4. The zero-order valence-corrected chi connectivity index (χ0v) is 16.1. The third kappa shape index (κ3) is 4.08. The van der Waals surface area contributed by atoms with Gasteiger partial charge in [-0.2, -0.15) is 0 Å². The van der Waals surface area contributed by atoms with Crippen LogP contribution in [0.3, 0.4) is 0 Å². The van der Waals surface area contributed by atoms with Crippen LogP contribution in [0.15, 0.2) is 84.9 Å². The van der Waals surface area contributed by atoms with Crippen LogP contribution in [0.25, 0.3) is 22.5 Å². The number of carbonyl (C=O) groups is 1. The number of carboxylic acids is 1. The van der Waals surface area contributed by atoms with Gasteiger partial charge in [0.25, 0.3) is 0 Å². The molecule has 2 N–H and O–H groups in total. The zero-order chi connectivity index (χ0) is 21.8. The molecule has 0 atom stereocenters. The summed E-state index contributed by atoms with van der Waals surface area (Å²) in [5.41, 5.74) is 1.44. The smallest absolute Gasteiger partial charge is 0.337 e. The van der Waals surface area contributed by atoms with Gasteiger partial charge in [0.2, 0.25) is 5.95 Å². The summed E-state index contributed by atoms with van der Waals surface area (Å²) in [5.74, 6) is -1.06. The Kier molecular flexibility index (Phi) is 5.35. The number of hydrogen-bond acceptors (Lipinski definition) is 6. The lowest BCUT2D eigenvalue weighted by Gasteiger charge is -2.12. The monoisotopic (exact) mass is 412 g/mol. The van der Waals surface area contributed by atoms with Crippen LogP contribution in [-0.2, 0) is 0 Å². The molecule has 0 aliphatic carbocycles. The van der Waals surface area contributed by atoms with Gasteiger partial charge in [0, 0.05) is 11.1 Å². The summed E-state index contributed by atoms with van der Waals surface area (Å²) in [6, 6.07) is 23.8. The van der Waals surface area contributed by atoms with Crippen LogP contribution >= 0.6 is 0 Å². The van der Waals surface area contributed by atoms with E-state index in [2.05, 4.69) is 15.3 Å². The summed E-state index contributed by atoms with van der Waals surface area (Å²) in [7, 11) is 0. The van der Waals surface area contributed by atoms with E-state index in [0.29, 0.717) is 11.1 Å². The van der Waals surface area contributed by atoms with E-state index in [1.807, 2.05) is 0 Å². The SMILES string of the molecule is O=C(O)c1ccccc1Nc1nc(-c2ccccc2)c([N+](=O)[O-])c(-c2ccccc2)n1. The third-order valence-corrected chi connectivity index (χ3v) is 4.56. The molecule has 1 heterocycles. The first-order chi connectivity index (χ1) is 15.0. The van der Waals surface area contributed by atoms with E-state index in [1.54, 1.807) is 78.9 Å². The minimum absolute atomic E-state index is 0.0342. The molecule has 4 aromatic rings. The summed E-state index contributed by atoms with van der Waals surface area (Å²) < 4.78 is 0. The topological polar surface area (TPSA) is 118 Å². The first kappa shape index (κ1) is 19.7. The molecular weight excluding hydrogens is 396 g/mol. The molecule has 0 spiro atoms. The Morgan fingerprint density at radius 1 is 0.806 bits per heavy atom. The molecule has 0 amide bonds. The van der Waals surface area contributed by atoms with Crippen LogP contribution < -0.4 is 5.32 Å². The van der Waals surface area contributed by atoms with Crippen LogP contribution in [0.4, 0.5) is 17.3 Å². The second kappa shape index (κ2) is 8.42. The van der Waals surface area contributed by atoms with E-state index in [-0.39, 0.29) is 34.3 Å². The number of aromatic nitrogens is 2. The minimum atomic E-state index is -1.11. The summed E-state index contributed by atoms with van der Waals surface area (Å²) >= 11 is 0. The average Bonchev–Trinajstić information content (AvgIpc) is 2.79. The molecule has 1 aromatic heterocycles. The van der Waals surface area contributed by atoms with E-state index >= 15 is 0 Å². The predicted octanol–water partition coefficient (Wildman–Crippen LogP) is 5.16. The molecule has 8 heteroatoms. The van der Waals surface area contributed by atoms with Crippen LogP contribution in [0.5, 0.6) is 0 Å². The van der Waals surface area contributed by atoms with Crippen molar-refractivity contribution in [3.05, 3.63) is 101 Å². The van der Waals surface area contributed by atoms with Crippen molar-refractivity contribution in [2.45, 2.75) is 0 Å². The lowest BCUT2D eigenvalue weighted by Crippen LogP contribution is -2.08. The summed E-state index contributed by atoms with van der Waals surface area (Å²) in [6.07, 6.45) is 0. The van der Waals surface area contributed by atoms with Crippen molar-refractivity contribution >= 4 is 23.3 Å². The number of nitrogens with one attached hydrogen (secondary N) is 1. The highest BCUT2D eigenvalue weighted by Gasteiger charge is 2.27. The van der Waals surface area contributed by atoms with Crippen LogP contribution in [0, 0.1) is 10.1 Å². The Morgan fingerprint density at radius 2 is 1.29 bits per heavy atom. The Hall–Kier alpha value is -4.59. The molecule has 152 valence electrons. The highest BCUT2D eigenvalue weighted by Crippen LogP contribution is 2.37. The van der Waals surface area contributed by atoms with Gasteiger partial charge >= 0.3 is 11.7 Å². The second-order valence-electron chi connectivity index (χ2n) is 6.56. The van der Waals surface area contributed by atoms with Gasteiger partial charge in [-0.15, -0.1) is 0 Å². The standard InChI is InChI=1S/C23H16N4O4/c28-22(29)17-13-7-8-14-18(17)24-23-25-19(15-9-3-1-4-10-15)21(27(30)31)20(26-23)16-11-5-2-6-12-16/h1-14H,(H,28,29)(H,24,25,26). The van der Waals surface area contributed by atoms with E-state index < -0.39 is 10.9 Å². The zero-order valence-electron chi connectivity index (χ0n) is 16.1. The number of rotatable bonds is 6. The number of para-hydroxylation sites is 1. The molecule has 4 rings (SSSR count). The van der Waals surface area contributed by atoms with Gasteiger partial charge in [0.15, 0.2) is 11.4 Å². The molecule has 0 unspecified atom stereocenters. The number of nitrogens with zero attached hydrogens (tertiary/aromatic N) is 3. The number of hydrogen-bond donors (Lipinski definition) is 2. The minimum Gasteiger partial charge on any atom is -0.478 e. The van der Waals surface area contributed by atoms with E-state index in [1.165, 1.54) is 6.07 Å². The average molecular weight is 412 g/mol. The van der Waals surface area contributed by atoms with Crippen molar-refractivity contribution in [2.75, 3.05) is 5.32 Å². The highest BCUT2D eigenvalue weighted by molar-refractivity contribution is 5.95. The Labute approximate surface area is 177 Å². The van der Waals surface area contributed by atoms with Crippen LogP contribution in [0.2, 0.25) is 0 Å². The fourth-order valence-electron chi connectivity index (χ4n) is 3.18. The molecule has 31 heavy (non-hydrogen) atoms. The predicted molar refractivity (Wildman–Crippen MR) is 116 cm³/mol. The highest BCUT2D eigenvalue weighted by atomic mass is 16.6. The van der Waals surface area contributed by atoms with Gasteiger partial charge in [0.05, 0.1) is 16.2 Å². The Morgan fingerprint density at radius 3 is 1.77 bits per heavy atom. The molecule has 0 fully saturated rings. The Bertz CT molecular complexity index is 1200. The number of aromatic carboxylic acids is 1. The number of anilines is 2. The Balaban J connectivity index is 1.95. The molecule has 8 nitrogen and oxygen atoms in total. The molecule has 0 bridgehead atoms. The first-order valence-electron chi connectivity index (χ1n) is 9.31. The summed E-state index contributed by atoms with van der Waals surface area (Å²) in [6.45, 7) is 0. The van der Waals surface area contributed by atoms with Crippen molar-refractivity contribution in [1.82, 2.24) is 9.97 Å². The van der Waals surface area contributed by atoms with Crippen molar-refractivity contribution in [1.29, 1.82) is 0 Å². The lowest BCUT2D eigenvalue weighted by atomic mass is 10.0. The fourth-order valence-corrected chi connectivity index (χ4v) is 3.18. The van der Waals surface area contributed by atoms with Crippen LogP contribution in [0.1, 0.15) is 10.4 Å². The molecule has 3 aromatic carbocycles. The summed E-state index contributed by atoms with van der Waals surface area (Å²) in [4.78, 5) is 31.9. The van der Waals surface area contributed by atoms with Crippen molar-refractivity contribution < 1.29 is 14.8 Å². The maximum absolute atomic E-state index is 12.0. The lowest BCUT2D eigenvalue weighted by molar-refractivity contribution is -0.383. The first-order valence-corrected chi connectivity index (χ1v) is 9.31. The van der Waals surface area contributed by atoms with E-state index in [9.17, 15) is 20.0 Å². The van der Waals surface area contributed by atoms with Gasteiger partial charge < -0.3 is 10.4 Å². The van der Waals surface area contributed by atoms with Crippen molar-refractivity contribution in [3.63, 3.8) is 0 Å². The maximum Gasteiger partial charge on any atom is 0.337 e. The molecule has 0 saturated carbocycles. The maximum atomic E-state index is 12.0. The van der Waals surface area contributed by atoms with Gasteiger partial charge in [-0.05, 0) is 12.1 Å². The fraction of sp³-hybridized carbons (Fsp3) is 0. The van der Waals surface area contributed by atoms with Crippen molar-refractivity contribution in [3.8, 4) is 22.5 Å². The third-order valence-electron chi connectivity index (χ3n) is 4.56. The van der Waals surface area contributed by atoms with Gasteiger partial charge in [-0.25, -0.2) is 14.8 Å². The van der Waals surface area contributed by atoms with Gasteiger partial charge in [0.1, 0.15) is 0 Å². The number of benzene rings is 3. The molecule has 0 radical (unpaired) electrons. The van der Waals surface area contributed by atoms with Gasteiger partial charge in [-0.1, -0.05) is 72.8 Å². The molecule has 0 aliphatic heterocycles. The second-order valence-corrected chi connectivity index (χ2v) is 6.56. The summed E-state index contributed by atoms with van der Waals surface area (Å²) in [5, 5.41) is 24.4. The van der Waals surface area contributed by atoms with E-state index in [0.717, 1.165) is 0 Å². The molecule has 0 saturated heterocycles. The largest absolute Gasteiger partial charge is 0.478 e. The normalized spacial score (nSPS) is 10.5. The van der Waals surface area contributed by atoms with Crippen molar-refractivity contribution in [2.24, 2.45) is 0 Å². The van der Waals surface area contributed by atoms with E-state index in [4.69, 9.17) is 0 Å². The quantitative estimate of drug-likeness (QED) is 0.332. The number of carboxylic acid groups (broad SMARTS) is 1. The van der Waals surface area contributed by atoms with Gasteiger partial charge in [-0.3, -0.25) is 10.1 Å². The van der Waals surface area contributed by atoms with Crippen LogP contribution in [-0.4, -0.2) is 26.0 Å². The molecule has 0 aliphatic rings.